The average Bonchev–Trinajstić information content (AvgIpc) is 2.75. The van der Waals surface area contributed by atoms with Crippen molar-refractivity contribution in [2.24, 2.45) is 23.7 Å². The number of ether oxygens (including phenoxy) is 4. The van der Waals surface area contributed by atoms with E-state index in [-0.39, 0.29) is 25.7 Å². The fourth-order valence-electron chi connectivity index (χ4n) is 10.8. The fourth-order valence-corrected chi connectivity index (χ4v) is 12.4. The molecular weight excluding hydrogens is 1200 g/mol. The molecule has 540 valence electrons. The van der Waals surface area contributed by atoms with Gasteiger partial charge in [-0.1, -0.05) is 306 Å². The summed E-state index contributed by atoms with van der Waals surface area (Å²) in [5.74, 6) is 0.869. The van der Waals surface area contributed by atoms with Crippen LogP contribution in [0.1, 0.15) is 357 Å². The highest BCUT2D eigenvalue weighted by Crippen LogP contribution is 2.45. The number of carbonyl (C=O) groups is 4. The summed E-state index contributed by atoms with van der Waals surface area (Å²) in [6.45, 7) is 14.1. The Balaban J connectivity index is 5.21. The molecule has 0 saturated heterocycles. The summed E-state index contributed by atoms with van der Waals surface area (Å²) in [6, 6.07) is 0. The molecule has 17 nitrogen and oxygen atoms in total. The van der Waals surface area contributed by atoms with E-state index < -0.39 is 97.5 Å². The van der Waals surface area contributed by atoms with Gasteiger partial charge in [0.15, 0.2) is 12.2 Å². The number of aliphatic hydroxyl groups is 1. The molecule has 0 spiro atoms. The number of esters is 4. The van der Waals surface area contributed by atoms with E-state index in [1.165, 1.54) is 154 Å². The second-order valence-corrected chi connectivity index (χ2v) is 30.6. The summed E-state index contributed by atoms with van der Waals surface area (Å²) in [6.07, 6.45) is 44.6. The highest BCUT2D eigenvalue weighted by Gasteiger charge is 2.30. The number of hydrogen-bond donors (Lipinski definition) is 3. The van der Waals surface area contributed by atoms with Crippen LogP contribution >= 0.6 is 15.6 Å². The number of carbonyl (C=O) groups excluding carboxylic acids is 4. The van der Waals surface area contributed by atoms with E-state index in [4.69, 9.17) is 37.0 Å². The summed E-state index contributed by atoms with van der Waals surface area (Å²) in [5, 5.41) is 10.6. The predicted molar refractivity (Wildman–Crippen MR) is 367 cm³/mol. The minimum Gasteiger partial charge on any atom is -0.462 e. The van der Waals surface area contributed by atoms with Crippen LogP contribution in [0.4, 0.5) is 0 Å². The zero-order valence-corrected chi connectivity index (χ0v) is 61.3. The van der Waals surface area contributed by atoms with Gasteiger partial charge in [-0.05, 0) is 49.4 Å². The molecule has 0 amide bonds. The molecule has 19 heteroatoms. The molecule has 0 rings (SSSR count). The summed E-state index contributed by atoms with van der Waals surface area (Å²) in [5.41, 5.74) is 0. The van der Waals surface area contributed by atoms with Gasteiger partial charge in [-0.3, -0.25) is 37.3 Å². The second-order valence-electron chi connectivity index (χ2n) is 27.6. The smallest absolute Gasteiger partial charge is 0.462 e. The molecule has 91 heavy (non-hydrogen) atoms. The Morgan fingerprint density at radius 2 is 0.527 bits per heavy atom. The molecule has 0 heterocycles. The maximum absolute atomic E-state index is 13.0. The van der Waals surface area contributed by atoms with Crippen molar-refractivity contribution in [3.63, 3.8) is 0 Å². The predicted octanol–water partition coefficient (Wildman–Crippen LogP) is 20.5. The first-order valence-electron chi connectivity index (χ1n) is 37.2. The molecule has 0 saturated carbocycles. The zero-order valence-electron chi connectivity index (χ0n) is 59.5. The molecule has 0 aliphatic heterocycles. The molecule has 0 bridgehead atoms. The van der Waals surface area contributed by atoms with Gasteiger partial charge >= 0.3 is 39.5 Å². The highest BCUT2D eigenvalue weighted by molar-refractivity contribution is 7.47. The maximum atomic E-state index is 13.0. The van der Waals surface area contributed by atoms with Gasteiger partial charge in [0, 0.05) is 25.7 Å². The first-order chi connectivity index (χ1) is 43.6. The van der Waals surface area contributed by atoms with Gasteiger partial charge in [-0.25, -0.2) is 9.13 Å². The SMILES string of the molecule is CCC(C)CCCCCCCCCCC(=O)O[C@H](COC(=O)CCCCCCCCCC(C)C)COP(=O)(O)OCC(O)COP(=O)(O)OC[C@@H](COC(=O)CCCCCCCCCCCCCCCCCC(C)C)OC(=O)CCCCCCCCCCC(C)C. The van der Waals surface area contributed by atoms with Crippen LogP contribution in [0.3, 0.4) is 0 Å². The fraction of sp³-hybridized carbons (Fsp3) is 0.944. The third kappa shape index (κ3) is 65.1. The number of unbranched alkanes of at least 4 members (excludes halogenated alkanes) is 34. The third-order valence-corrected chi connectivity index (χ3v) is 18.8. The van der Waals surface area contributed by atoms with E-state index in [2.05, 4.69) is 55.4 Å². The lowest BCUT2D eigenvalue weighted by Crippen LogP contribution is -2.30. The largest absolute Gasteiger partial charge is 0.472 e. The van der Waals surface area contributed by atoms with E-state index in [9.17, 15) is 43.2 Å². The lowest BCUT2D eigenvalue weighted by molar-refractivity contribution is -0.161. The Morgan fingerprint density at radius 1 is 0.308 bits per heavy atom. The van der Waals surface area contributed by atoms with E-state index in [0.717, 1.165) is 114 Å². The molecule has 0 radical (unpaired) electrons. The Kier molecular flexibility index (Phi) is 60.3. The van der Waals surface area contributed by atoms with Crippen molar-refractivity contribution in [1.29, 1.82) is 0 Å². The van der Waals surface area contributed by atoms with Gasteiger partial charge in [0.2, 0.25) is 0 Å². The van der Waals surface area contributed by atoms with Crippen molar-refractivity contribution in [2.75, 3.05) is 39.6 Å². The normalized spacial score (nSPS) is 14.5. The lowest BCUT2D eigenvalue weighted by Gasteiger charge is -2.21. The minimum absolute atomic E-state index is 0.104. The Morgan fingerprint density at radius 3 is 0.780 bits per heavy atom. The van der Waals surface area contributed by atoms with Gasteiger partial charge in [0.05, 0.1) is 26.4 Å². The summed E-state index contributed by atoms with van der Waals surface area (Å²) in [7, 11) is -9.90. The Hall–Kier alpha value is -1.94. The lowest BCUT2D eigenvalue weighted by atomic mass is 9.99. The van der Waals surface area contributed by atoms with E-state index in [1.807, 2.05) is 0 Å². The van der Waals surface area contributed by atoms with Gasteiger partial charge in [0.25, 0.3) is 0 Å². The van der Waals surface area contributed by atoms with E-state index >= 15 is 0 Å². The number of hydrogen-bond acceptors (Lipinski definition) is 15. The van der Waals surface area contributed by atoms with Crippen LogP contribution in [0.15, 0.2) is 0 Å². The molecule has 0 fully saturated rings. The first-order valence-corrected chi connectivity index (χ1v) is 40.2. The molecule has 0 aromatic heterocycles. The van der Waals surface area contributed by atoms with Crippen LogP contribution in [0, 0.1) is 23.7 Å². The molecule has 4 unspecified atom stereocenters. The zero-order chi connectivity index (χ0) is 67.5. The molecular formula is C72H140O17P2. The van der Waals surface area contributed by atoms with Crippen molar-refractivity contribution >= 4 is 39.5 Å². The van der Waals surface area contributed by atoms with Crippen molar-refractivity contribution in [3.05, 3.63) is 0 Å². The second kappa shape index (κ2) is 61.6. The van der Waals surface area contributed by atoms with Gasteiger partial charge in [-0.2, -0.15) is 0 Å². The Bertz CT molecular complexity index is 1800. The molecule has 0 aromatic rings. The van der Waals surface area contributed by atoms with Crippen molar-refractivity contribution in [2.45, 2.75) is 375 Å². The van der Waals surface area contributed by atoms with Crippen LogP contribution in [-0.4, -0.2) is 96.7 Å². The molecule has 3 N–H and O–H groups in total. The first kappa shape index (κ1) is 89.1. The van der Waals surface area contributed by atoms with Crippen molar-refractivity contribution < 1.29 is 80.2 Å². The standard InChI is InChI=1S/C72H140O17P2/c1-9-65(8)51-43-35-27-20-22-30-39-47-55-72(77)89-68(59-83-70(75)53-45-37-31-23-26-34-42-50-64(6)7)61-87-91(80,81)85-57-66(73)56-84-90(78,79)86-60-67(88-71(76)54-46-38-29-21-19-25-33-41-49-63(4)5)58-82-69(74)52-44-36-28-18-16-14-12-10-11-13-15-17-24-32-40-48-62(2)3/h62-68,73H,9-61H2,1-8H3,(H,78,79)(H,80,81)/t65?,66?,67-,68-/m1/s1. The van der Waals surface area contributed by atoms with Gasteiger partial charge in [-0.15, -0.1) is 0 Å². The van der Waals surface area contributed by atoms with Crippen molar-refractivity contribution in [1.82, 2.24) is 0 Å². The molecule has 0 aromatic carbocycles. The Labute approximate surface area is 556 Å². The van der Waals surface area contributed by atoms with E-state index in [1.54, 1.807) is 0 Å². The monoisotopic (exact) mass is 1340 g/mol. The summed E-state index contributed by atoms with van der Waals surface area (Å²) in [4.78, 5) is 72.6. The van der Waals surface area contributed by atoms with Crippen molar-refractivity contribution in [3.8, 4) is 0 Å². The van der Waals surface area contributed by atoms with E-state index in [0.29, 0.717) is 31.6 Å². The van der Waals surface area contributed by atoms with Crippen LogP contribution < -0.4 is 0 Å². The number of aliphatic hydroxyl groups excluding tert-OH is 1. The summed E-state index contributed by atoms with van der Waals surface area (Å²) >= 11 is 0. The van der Waals surface area contributed by atoms with Crippen LogP contribution in [0.25, 0.3) is 0 Å². The molecule has 0 aliphatic rings. The van der Waals surface area contributed by atoms with Crippen LogP contribution in [0.2, 0.25) is 0 Å². The van der Waals surface area contributed by atoms with Gasteiger partial charge < -0.3 is 33.8 Å². The molecule has 0 aliphatic carbocycles. The number of phosphoric acid groups is 2. The maximum Gasteiger partial charge on any atom is 0.472 e. The average molecular weight is 1340 g/mol. The summed E-state index contributed by atoms with van der Waals surface area (Å²) < 4.78 is 68.3. The topological polar surface area (TPSA) is 237 Å². The number of phosphoric ester groups is 2. The van der Waals surface area contributed by atoms with Crippen LogP contribution in [-0.2, 0) is 65.4 Å². The quantitative estimate of drug-likeness (QED) is 0.0222. The number of rotatable bonds is 69. The molecule has 6 atom stereocenters. The highest BCUT2D eigenvalue weighted by atomic mass is 31.2. The third-order valence-electron chi connectivity index (χ3n) is 16.9. The van der Waals surface area contributed by atoms with Crippen LogP contribution in [0.5, 0.6) is 0 Å². The minimum atomic E-state index is -4.95. The van der Waals surface area contributed by atoms with Gasteiger partial charge in [0.1, 0.15) is 19.3 Å².